The fraction of sp³-hybridized carbons (Fsp3) is 0.688. The van der Waals surface area contributed by atoms with Crippen LogP contribution >= 0.6 is 0 Å². The van der Waals surface area contributed by atoms with Crippen molar-refractivity contribution in [2.24, 2.45) is 11.8 Å². The van der Waals surface area contributed by atoms with Gasteiger partial charge >= 0.3 is 0 Å². The minimum atomic E-state index is -0.295. The van der Waals surface area contributed by atoms with Gasteiger partial charge in [-0.2, -0.15) is 0 Å². The first-order valence-electron chi connectivity index (χ1n) is 7.70. The molecule has 3 atom stereocenters. The van der Waals surface area contributed by atoms with Gasteiger partial charge in [0.2, 0.25) is 0 Å². The first-order valence-corrected chi connectivity index (χ1v) is 7.70. The first-order chi connectivity index (χ1) is 9.74. The fourth-order valence-electron chi connectivity index (χ4n) is 3.14. The second-order valence-electron chi connectivity index (χ2n) is 5.76. The molecule has 1 saturated carbocycles. The molecular formula is C16H25FN2O. The Labute approximate surface area is 120 Å². The van der Waals surface area contributed by atoms with Crippen molar-refractivity contribution in [3.63, 3.8) is 0 Å². The van der Waals surface area contributed by atoms with E-state index in [1.807, 2.05) is 0 Å². The summed E-state index contributed by atoms with van der Waals surface area (Å²) in [5.41, 5.74) is 0.894. The molecule has 4 heteroatoms. The van der Waals surface area contributed by atoms with E-state index in [1.165, 1.54) is 31.5 Å². The van der Waals surface area contributed by atoms with Gasteiger partial charge in [0.25, 0.3) is 0 Å². The molecule has 3 nitrogen and oxygen atoms in total. The Bertz CT molecular complexity index is 396. The summed E-state index contributed by atoms with van der Waals surface area (Å²) in [5.74, 6) is 0.675. The second kappa shape index (κ2) is 7.70. The highest BCUT2D eigenvalue weighted by Gasteiger charge is 2.25. The number of nitrogens with one attached hydrogen (secondary N) is 1. The van der Waals surface area contributed by atoms with Gasteiger partial charge in [0.05, 0.1) is 11.9 Å². The van der Waals surface area contributed by atoms with Gasteiger partial charge in [-0.05, 0) is 49.8 Å². The number of aromatic nitrogens is 1. The average Bonchev–Trinajstić information content (AvgIpc) is 2.50. The van der Waals surface area contributed by atoms with Crippen molar-refractivity contribution in [2.45, 2.75) is 45.1 Å². The third-order valence-electron chi connectivity index (χ3n) is 4.44. The van der Waals surface area contributed by atoms with E-state index >= 15 is 0 Å². The minimum Gasteiger partial charge on any atom is -0.396 e. The van der Waals surface area contributed by atoms with Crippen LogP contribution in [0.2, 0.25) is 0 Å². The zero-order valence-electron chi connectivity index (χ0n) is 12.2. The maximum atomic E-state index is 12.9. The normalized spacial score (nSPS) is 24.6. The average molecular weight is 280 g/mol. The molecule has 0 radical (unpaired) electrons. The predicted octanol–water partition coefficient (Wildman–Crippen LogP) is 3.06. The highest BCUT2D eigenvalue weighted by Crippen LogP contribution is 2.29. The van der Waals surface area contributed by atoms with Gasteiger partial charge in [-0.3, -0.25) is 4.98 Å². The fourth-order valence-corrected chi connectivity index (χ4v) is 3.14. The molecule has 112 valence electrons. The third-order valence-corrected chi connectivity index (χ3v) is 4.44. The van der Waals surface area contributed by atoms with Crippen LogP contribution in [0.25, 0.3) is 0 Å². The lowest BCUT2D eigenvalue weighted by atomic mass is 9.79. The Morgan fingerprint density at radius 3 is 2.70 bits per heavy atom. The first kappa shape index (κ1) is 15.4. The molecule has 1 aliphatic carbocycles. The SMILES string of the molecule is CCC(NCC1CCCCC1CO)c1ccc(F)cn1. The third kappa shape index (κ3) is 4.00. The van der Waals surface area contributed by atoms with Crippen LogP contribution in [0.3, 0.4) is 0 Å². The summed E-state index contributed by atoms with van der Waals surface area (Å²) >= 11 is 0. The Balaban J connectivity index is 1.91. The summed E-state index contributed by atoms with van der Waals surface area (Å²) in [4.78, 5) is 4.17. The van der Waals surface area contributed by atoms with E-state index in [9.17, 15) is 9.50 Å². The molecule has 1 heterocycles. The van der Waals surface area contributed by atoms with Gasteiger partial charge in [0, 0.05) is 12.6 Å². The molecule has 0 spiro atoms. The summed E-state index contributed by atoms with van der Waals surface area (Å²) in [7, 11) is 0. The van der Waals surface area contributed by atoms with Gasteiger partial charge in [0.15, 0.2) is 0 Å². The van der Waals surface area contributed by atoms with Crippen LogP contribution in [-0.2, 0) is 0 Å². The largest absolute Gasteiger partial charge is 0.396 e. The monoisotopic (exact) mass is 280 g/mol. The molecule has 0 aromatic carbocycles. The van der Waals surface area contributed by atoms with Crippen LogP contribution in [0.5, 0.6) is 0 Å². The summed E-state index contributed by atoms with van der Waals surface area (Å²) in [6.45, 7) is 3.30. The zero-order chi connectivity index (χ0) is 14.4. The van der Waals surface area contributed by atoms with E-state index in [1.54, 1.807) is 6.07 Å². The van der Waals surface area contributed by atoms with E-state index < -0.39 is 0 Å². The van der Waals surface area contributed by atoms with Crippen LogP contribution in [0.1, 0.15) is 50.8 Å². The smallest absolute Gasteiger partial charge is 0.141 e. The Hall–Kier alpha value is -1.00. The zero-order valence-corrected chi connectivity index (χ0v) is 12.2. The van der Waals surface area contributed by atoms with Crippen molar-refractivity contribution < 1.29 is 9.50 Å². The quantitative estimate of drug-likeness (QED) is 0.842. The van der Waals surface area contributed by atoms with Crippen LogP contribution in [-0.4, -0.2) is 23.2 Å². The molecule has 0 bridgehead atoms. The molecule has 0 aliphatic heterocycles. The van der Waals surface area contributed by atoms with Gasteiger partial charge in [0.1, 0.15) is 5.82 Å². The van der Waals surface area contributed by atoms with E-state index in [0.29, 0.717) is 11.8 Å². The lowest BCUT2D eigenvalue weighted by Gasteiger charge is -2.31. The molecule has 2 rings (SSSR count). The molecule has 3 unspecified atom stereocenters. The van der Waals surface area contributed by atoms with Crippen molar-refractivity contribution in [3.8, 4) is 0 Å². The van der Waals surface area contributed by atoms with Crippen molar-refractivity contribution in [1.29, 1.82) is 0 Å². The van der Waals surface area contributed by atoms with Crippen LogP contribution in [0, 0.1) is 17.7 Å². The predicted molar refractivity (Wildman–Crippen MR) is 77.8 cm³/mol. The Morgan fingerprint density at radius 2 is 2.10 bits per heavy atom. The lowest BCUT2D eigenvalue weighted by Crippen LogP contribution is -2.34. The second-order valence-corrected chi connectivity index (χ2v) is 5.76. The number of halogens is 1. The van der Waals surface area contributed by atoms with Crippen molar-refractivity contribution in [3.05, 3.63) is 29.8 Å². The van der Waals surface area contributed by atoms with E-state index in [-0.39, 0.29) is 18.5 Å². The van der Waals surface area contributed by atoms with Gasteiger partial charge in [-0.25, -0.2) is 4.39 Å². The molecule has 0 saturated heterocycles. The van der Waals surface area contributed by atoms with Gasteiger partial charge < -0.3 is 10.4 Å². The van der Waals surface area contributed by atoms with E-state index in [2.05, 4.69) is 17.2 Å². The van der Waals surface area contributed by atoms with Crippen molar-refractivity contribution in [2.75, 3.05) is 13.2 Å². The maximum absolute atomic E-state index is 12.9. The standard InChI is InChI=1S/C16H25FN2O/c1-2-15(16-8-7-14(17)10-19-16)18-9-12-5-3-4-6-13(12)11-20/h7-8,10,12-13,15,18,20H,2-6,9,11H2,1H3. The summed E-state index contributed by atoms with van der Waals surface area (Å²) in [5, 5.41) is 13.0. The molecular weight excluding hydrogens is 255 g/mol. The minimum absolute atomic E-state index is 0.164. The van der Waals surface area contributed by atoms with E-state index in [0.717, 1.165) is 25.1 Å². The lowest BCUT2D eigenvalue weighted by molar-refractivity contribution is 0.130. The molecule has 2 N–H and O–H groups in total. The number of hydrogen-bond acceptors (Lipinski definition) is 3. The highest BCUT2D eigenvalue weighted by molar-refractivity contribution is 5.09. The number of nitrogens with zero attached hydrogens (tertiary/aromatic N) is 1. The molecule has 0 amide bonds. The number of hydrogen-bond donors (Lipinski definition) is 2. The highest BCUT2D eigenvalue weighted by atomic mass is 19.1. The molecule has 1 aromatic rings. The molecule has 1 aliphatic rings. The molecule has 1 fully saturated rings. The number of aliphatic hydroxyl groups excluding tert-OH is 1. The van der Waals surface area contributed by atoms with Crippen molar-refractivity contribution in [1.82, 2.24) is 10.3 Å². The van der Waals surface area contributed by atoms with Crippen LogP contribution < -0.4 is 5.32 Å². The number of aliphatic hydroxyl groups is 1. The number of rotatable bonds is 6. The van der Waals surface area contributed by atoms with Gasteiger partial charge in [-0.15, -0.1) is 0 Å². The van der Waals surface area contributed by atoms with Crippen LogP contribution in [0.4, 0.5) is 4.39 Å². The summed E-state index contributed by atoms with van der Waals surface area (Å²) in [6.07, 6.45) is 7.01. The van der Waals surface area contributed by atoms with Crippen molar-refractivity contribution >= 4 is 0 Å². The Kier molecular flexibility index (Phi) is 5.92. The topological polar surface area (TPSA) is 45.1 Å². The molecule has 1 aromatic heterocycles. The van der Waals surface area contributed by atoms with E-state index in [4.69, 9.17) is 0 Å². The Morgan fingerprint density at radius 1 is 1.35 bits per heavy atom. The van der Waals surface area contributed by atoms with Gasteiger partial charge in [-0.1, -0.05) is 19.8 Å². The number of pyridine rings is 1. The summed E-state index contributed by atoms with van der Waals surface area (Å²) < 4.78 is 12.9. The maximum Gasteiger partial charge on any atom is 0.141 e. The van der Waals surface area contributed by atoms with Crippen LogP contribution in [0.15, 0.2) is 18.3 Å². The summed E-state index contributed by atoms with van der Waals surface area (Å²) in [6, 6.07) is 3.38. The molecule has 20 heavy (non-hydrogen) atoms.